The van der Waals surface area contributed by atoms with E-state index in [-0.39, 0.29) is 5.91 Å². The number of hydrogen-bond donors (Lipinski definition) is 2. The van der Waals surface area contributed by atoms with Crippen LogP contribution in [-0.2, 0) is 9.59 Å². The second-order valence-corrected chi connectivity index (χ2v) is 6.90. The third-order valence-electron chi connectivity index (χ3n) is 4.77. The van der Waals surface area contributed by atoms with Crippen LogP contribution in [0.1, 0.15) is 52.9 Å². The molecule has 1 fully saturated rings. The van der Waals surface area contributed by atoms with Crippen LogP contribution in [0, 0.1) is 17.3 Å². The van der Waals surface area contributed by atoms with Crippen LogP contribution in [0.5, 0.6) is 0 Å². The van der Waals surface area contributed by atoms with Gasteiger partial charge in [-0.25, -0.2) is 0 Å². The van der Waals surface area contributed by atoms with Crippen LogP contribution in [0.25, 0.3) is 0 Å². The first kappa shape index (κ1) is 18.0. The first-order valence-electron chi connectivity index (χ1n) is 8.01. The van der Waals surface area contributed by atoms with E-state index in [4.69, 9.17) is 5.73 Å². The van der Waals surface area contributed by atoms with Gasteiger partial charge in [0.25, 0.3) is 0 Å². The van der Waals surface area contributed by atoms with E-state index in [9.17, 15) is 14.7 Å². The van der Waals surface area contributed by atoms with Crippen molar-refractivity contribution in [1.82, 2.24) is 4.90 Å². The molecule has 1 aliphatic rings. The van der Waals surface area contributed by atoms with E-state index in [0.29, 0.717) is 44.3 Å². The lowest BCUT2D eigenvalue weighted by molar-refractivity contribution is -0.153. The van der Waals surface area contributed by atoms with Crippen molar-refractivity contribution in [2.75, 3.05) is 19.6 Å². The predicted octanol–water partition coefficient (Wildman–Crippen LogP) is 2.10. The molecule has 1 saturated heterocycles. The summed E-state index contributed by atoms with van der Waals surface area (Å²) in [6, 6.07) is 0. The molecule has 0 saturated carbocycles. The number of nitrogens with zero attached hydrogens (tertiary/aromatic N) is 1. The van der Waals surface area contributed by atoms with E-state index in [1.165, 1.54) is 0 Å². The summed E-state index contributed by atoms with van der Waals surface area (Å²) < 4.78 is 0. The quantitative estimate of drug-likeness (QED) is 0.754. The number of carboxylic acids is 1. The van der Waals surface area contributed by atoms with Crippen LogP contribution in [0.15, 0.2) is 0 Å². The number of hydrogen-bond acceptors (Lipinski definition) is 3. The number of aliphatic carboxylic acids is 1. The Morgan fingerprint density at radius 2 is 2.00 bits per heavy atom. The minimum absolute atomic E-state index is 0.0878. The highest BCUT2D eigenvalue weighted by molar-refractivity contribution is 5.79. The largest absolute Gasteiger partial charge is 0.481 e. The van der Waals surface area contributed by atoms with Gasteiger partial charge in [-0.15, -0.1) is 0 Å². The van der Waals surface area contributed by atoms with Crippen molar-refractivity contribution >= 4 is 11.9 Å². The first-order chi connectivity index (χ1) is 9.80. The van der Waals surface area contributed by atoms with Gasteiger partial charge >= 0.3 is 5.97 Å². The van der Waals surface area contributed by atoms with E-state index >= 15 is 0 Å². The molecular weight excluding hydrogens is 268 g/mol. The molecule has 0 aromatic carbocycles. The van der Waals surface area contributed by atoms with Crippen LogP contribution < -0.4 is 5.73 Å². The van der Waals surface area contributed by atoms with Crippen molar-refractivity contribution in [3.8, 4) is 0 Å². The van der Waals surface area contributed by atoms with Gasteiger partial charge in [-0.1, -0.05) is 13.8 Å². The number of amides is 1. The summed E-state index contributed by atoms with van der Waals surface area (Å²) in [6.45, 7) is 7.73. The molecule has 1 heterocycles. The molecule has 2 atom stereocenters. The summed E-state index contributed by atoms with van der Waals surface area (Å²) in [6.07, 6.45) is 3.70. The van der Waals surface area contributed by atoms with Gasteiger partial charge < -0.3 is 15.7 Å². The van der Waals surface area contributed by atoms with Gasteiger partial charge in [0.1, 0.15) is 0 Å². The lowest BCUT2D eigenvalue weighted by Gasteiger charge is -2.37. The fourth-order valence-electron chi connectivity index (χ4n) is 3.12. The Kier molecular flexibility index (Phi) is 6.65. The fourth-order valence-corrected chi connectivity index (χ4v) is 3.12. The number of carbonyl (C=O) groups is 2. The summed E-state index contributed by atoms with van der Waals surface area (Å²) in [5.74, 6) is 0.273. The molecule has 0 aromatic heterocycles. The maximum atomic E-state index is 12.3. The number of likely N-dealkylation sites (tertiary alicyclic amines) is 1. The van der Waals surface area contributed by atoms with Crippen LogP contribution in [-0.4, -0.2) is 41.5 Å². The normalized spacial score (nSPS) is 24.1. The highest BCUT2D eigenvalue weighted by Crippen LogP contribution is 2.30. The highest BCUT2D eigenvalue weighted by Gasteiger charge is 2.39. The van der Waals surface area contributed by atoms with E-state index in [0.717, 1.165) is 19.3 Å². The van der Waals surface area contributed by atoms with Crippen molar-refractivity contribution in [1.29, 1.82) is 0 Å². The highest BCUT2D eigenvalue weighted by atomic mass is 16.4. The average molecular weight is 298 g/mol. The molecule has 5 heteroatoms. The molecule has 3 N–H and O–H groups in total. The molecule has 2 unspecified atom stereocenters. The van der Waals surface area contributed by atoms with Crippen molar-refractivity contribution in [3.63, 3.8) is 0 Å². The SMILES string of the molecule is CC(C)C(CCN)CCC(=O)N1CCCC(C)(C(=O)O)C1. The number of carbonyl (C=O) groups excluding carboxylic acids is 1. The van der Waals surface area contributed by atoms with Gasteiger partial charge in [-0.05, 0) is 51.0 Å². The summed E-state index contributed by atoms with van der Waals surface area (Å²) in [5, 5.41) is 9.31. The van der Waals surface area contributed by atoms with Gasteiger partial charge in [0.05, 0.1) is 5.41 Å². The number of piperidine rings is 1. The predicted molar refractivity (Wildman–Crippen MR) is 82.8 cm³/mol. The number of rotatable bonds is 7. The molecule has 0 radical (unpaired) electrons. The second-order valence-electron chi connectivity index (χ2n) is 6.90. The van der Waals surface area contributed by atoms with E-state index in [2.05, 4.69) is 13.8 Å². The van der Waals surface area contributed by atoms with Crippen LogP contribution in [0.2, 0.25) is 0 Å². The van der Waals surface area contributed by atoms with Crippen LogP contribution >= 0.6 is 0 Å². The summed E-state index contributed by atoms with van der Waals surface area (Å²) in [7, 11) is 0. The van der Waals surface area contributed by atoms with E-state index < -0.39 is 11.4 Å². The molecule has 1 amide bonds. The van der Waals surface area contributed by atoms with Gasteiger partial charge in [0, 0.05) is 19.5 Å². The minimum atomic E-state index is -0.803. The van der Waals surface area contributed by atoms with Gasteiger partial charge in [-0.2, -0.15) is 0 Å². The molecule has 0 aliphatic carbocycles. The fraction of sp³-hybridized carbons (Fsp3) is 0.875. The zero-order valence-corrected chi connectivity index (χ0v) is 13.6. The topological polar surface area (TPSA) is 83.6 Å². The Morgan fingerprint density at radius 3 is 2.52 bits per heavy atom. The molecule has 122 valence electrons. The number of nitrogens with two attached hydrogens (primary N) is 1. The van der Waals surface area contributed by atoms with Gasteiger partial charge in [0.15, 0.2) is 0 Å². The molecule has 0 aromatic rings. The maximum Gasteiger partial charge on any atom is 0.311 e. The minimum Gasteiger partial charge on any atom is -0.481 e. The molecular formula is C16H30N2O3. The molecule has 0 bridgehead atoms. The molecule has 5 nitrogen and oxygen atoms in total. The number of carboxylic acid groups (broad SMARTS) is 1. The smallest absolute Gasteiger partial charge is 0.311 e. The van der Waals surface area contributed by atoms with Crippen molar-refractivity contribution in [2.45, 2.75) is 52.9 Å². The average Bonchev–Trinajstić information content (AvgIpc) is 2.42. The third-order valence-corrected chi connectivity index (χ3v) is 4.77. The molecule has 1 rings (SSSR count). The summed E-state index contributed by atoms with van der Waals surface area (Å²) in [4.78, 5) is 25.4. The Bertz CT molecular complexity index is 371. The van der Waals surface area contributed by atoms with Gasteiger partial charge in [0.2, 0.25) is 5.91 Å². The molecule has 1 aliphatic heterocycles. The Balaban J connectivity index is 2.53. The zero-order valence-electron chi connectivity index (χ0n) is 13.6. The first-order valence-corrected chi connectivity index (χ1v) is 8.01. The van der Waals surface area contributed by atoms with Crippen molar-refractivity contribution in [3.05, 3.63) is 0 Å². The standard InChI is InChI=1S/C16H30N2O3/c1-12(2)13(7-9-17)5-6-14(19)18-10-4-8-16(3,11-18)15(20)21/h12-13H,4-11,17H2,1-3H3,(H,20,21). The third kappa shape index (κ3) is 4.99. The van der Waals surface area contributed by atoms with Crippen molar-refractivity contribution < 1.29 is 14.7 Å². The zero-order chi connectivity index (χ0) is 16.0. The Labute approximate surface area is 127 Å². The summed E-state index contributed by atoms with van der Waals surface area (Å²) in [5.41, 5.74) is 4.84. The van der Waals surface area contributed by atoms with E-state index in [1.54, 1.807) is 11.8 Å². The molecule has 21 heavy (non-hydrogen) atoms. The Hall–Kier alpha value is -1.10. The maximum absolute atomic E-state index is 12.3. The van der Waals surface area contributed by atoms with Crippen LogP contribution in [0.4, 0.5) is 0 Å². The van der Waals surface area contributed by atoms with Crippen LogP contribution in [0.3, 0.4) is 0 Å². The van der Waals surface area contributed by atoms with E-state index in [1.807, 2.05) is 0 Å². The lowest BCUT2D eigenvalue weighted by Crippen LogP contribution is -2.48. The lowest BCUT2D eigenvalue weighted by atomic mass is 9.81. The summed E-state index contributed by atoms with van der Waals surface area (Å²) >= 11 is 0. The second kappa shape index (κ2) is 7.78. The van der Waals surface area contributed by atoms with Crippen molar-refractivity contribution in [2.24, 2.45) is 23.0 Å². The Morgan fingerprint density at radius 1 is 1.33 bits per heavy atom. The molecule has 0 spiro atoms. The monoisotopic (exact) mass is 298 g/mol. The van der Waals surface area contributed by atoms with Gasteiger partial charge in [-0.3, -0.25) is 9.59 Å².